The minimum Gasteiger partial charge on any atom is -0.348 e. The van der Waals surface area contributed by atoms with Crippen molar-refractivity contribution in [1.29, 1.82) is 0 Å². The summed E-state index contributed by atoms with van der Waals surface area (Å²) >= 11 is 0. The van der Waals surface area contributed by atoms with E-state index in [2.05, 4.69) is 20.6 Å². The fourth-order valence-electron chi connectivity index (χ4n) is 2.12. The number of nitrogens with zero attached hydrogens (tertiary/aromatic N) is 2. The molecule has 0 aromatic carbocycles. The third kappa shape index (κ3) is 4.11. The molecule has 1 saturated carbocycles. The molecular formula is C16H13F3N4O2. The Labute approximate surface area is 140 Å². The van der Waals surface area contributed by atoms with Crippen LogP contribution in [0.5, 0.6) is 0 Å². The van der Waals surface area contributed by atoms with Gasteiger partial charge in [0, 0.05) is 24.0 Å². The SMILES string of the molecule is O=C(Nc1cnccc1C(F)(F)F)c1ccnc(C(=O)NC2CC2)c1. The number of hydrogen-bond donors (Lipinski definition) is 2. The zero-order valence-corrected chi connectivity index (χ0v) is 12.8. The van der Waals surface area contributed by atoms with Crippen molar-refractivity contribution in [1.82, 2.24) is 15.3 Å². The molecule has 0 unspecified atom stereocenters. The van der Waals surface area contributed by atoms with E-state index in [1.165, 1.54) is 18.3 Å². The van der Waals surface area contributed by atoms with Gasteiger partial charge in [0.05, 0.1) is 17.4 Å². The molecule has 25 heavy (non-hydrogen) atoms. The van der Waals surface area contributed by atoms with Gasteiger partial charge in [0.15, 0.2) is 0 Å². The van der Waals surface area contributed by atoms with Gasteiger partial charge in [-0.05, 0) is 31.0 Å². The van der Waals surface area contributed by atoms with Crippen LogP contribution in [0.4, 0.5) is 18.9 Å². The third-order valence-electron chi connectivity index (χ3n) is 3.54. The molecule has 130 valence electrons. The summed E-state index contributed by atoms with van der Waals surface area (Å²) in [5.74, 6) is -1.21. The van der Waals surface area contributed by atoms with Crippen molar-refractivity contribution < 1.29 is 22.8 Å². The standard InChI is InChI=1S/C16H13F3N4O2/c17-16(18,19)11-4-5-20-8-13(11)23-14(24)9-3-6-21-12(7-9)15(25)22-10-1-2-10/h3-8,10H,1-2H2,(H,22,25)(H,23,24). The molecule has 2 N–H and O–H groups in total. The Morgan fingerprint density at radius 3 is 2.56 bits per heavy atom. The number of hydrogen-bond acceptors (Lipinski definition) is 4. The molecule has 1 fully saturated rings. The fraction of sp³-hybridized carbons (Fsp3) is 0.250. The van der Waals surface area contributed by atoms with E-state index < -0.39 is 29.2 Å². The van der Waals surface area contributed by atoms with Crippen LogP contribution in [0, 0.1) is 0 Å². The molecule has 0 saturated heterocycles. The lowest BCUT2D eigenvalue weighted by atomic mass is 10.1. The molecular weight excluding hydrogens is 337 g/mol. The molecule has 0 bridgehead atoms. The summed E-state index contributed by atoms with van der Waals surface area (Å²) in [5.41, 5.74) is -1.41. The van der Waals surface area contributed by atoms with Gasteiger partial charge in [0.2, 0.25) is 0 Å². The van der Waals surface area contributed by atoms with Crippen LogP contribution in [0.2, 0.25) is 0 Å². The summed E-state index contributed by atoms with van der Waals surface area (Å²) < 4.78 is 38.9. The maximum atomic E-state index is 13.0. The van der Waals surface area contributed by atoms with Crippen molar-refractivity contribution >= 4 is 17.5 Å². The van der Waals surface area contributed by atoms with Gasteiger partial charge in [0.25, 0.3) is 11.8 Å². The Bertz CT molecular complexity index is 819. The van der Waals surface area contributed by atoms with Crippen LogP contribution in [-0.4, -0.2) is 27.8 Å². The number of aromatic nitrogens is 2. The Kier molecular flexibility index (Phi) is 4.39. The highest BCUT2D eigenvalue weighted by Gasteiger charge is 2.34. The quantitative estimate of drug-likeness (QED) is 0.888. The Morgan fingerprint density at radius 2 is 1.88 bits per heavy atom. The zero-order valence-electron chi connectivity index (χ0n) is 12.8. The number of carbonyl (C=O) groups excluding carboxylic acids is 2. The van der Waals surface area contributed by atoms with Gasteiger partial charge in [-0.15, -0.1) is 0 Å². The molecule has 0 aliphatic heterocycles. The highest BCUT2D eigenvalue weighted by atomic mass is 19.4. The molecule has 2 heterocycles. The molecule has 2 aromatic rings. The first-order chi connectivity index (χ1) is 11.8. The summed E-state index contributed by atoms with van der Waals surface area (Å²) in [5, 5.41) is 4.89. The van der Waals surface area contributed by atoms with Crippen molar-refractivity contribution in [3.05, 3.63) is 53.6 Å². The fourth-order valence-corrected chi connectivity index (χ4v) is 2.12. The lowest BCUT2D eigenvalue weighted by molar-refractivity contribution is -0.137. The van der Waals surface area contributed by atoms with Crippen molar-refractivity contribution in [2.24, 2.45) is 0 Å². The molecule has 6 nitrogen and oxygen atoms in total. The van der Waals surface area contributed by atoms with Gasteiger partial charge >= 0.3 is 6.18 Å². The van der Waals surface area contributed by atoms with E-state index in [0.29, 0.717) is 0 Å². The average Bonchev–Trinajstić information content (AvgIpc) is 3.38. The smallest absolute Gasteiger partial charge is 0.348 e. The van der Waals surface area contributed by atoms with E-state index in [1.54, 1.807) is 0 Å². The predicted molar refractivity (Wildman–Crippen MR) is 81.9 cm³/mol. The second kappa shape index (κ2) is 6.50. The van der Waals surface area contributed by atoms with Crippen LogP contribution < -0.4 is 10.6 Å². The molecule has 0 radical (unpaired) electrons. The van der Waals surface area contributed by atoms with Crippen molar-refractivity contribution in [3.8, 4) is 0 Å². The van der Waals surface area contributed by atoms with Crippen LogP contribution in [-0.2, 0) is 6.18 Å². The Morgan fingerprint density at radius 1 is 1.12 bits per heavy atom. The van der Waals surface area contributed by atoms with Crippen LogP contribution in [0.25, 0.3) is 0 Å². The van der Waals surface area contributed by atoms with Gasteiger partial charge in [-0.2, -0.15) is 13.2 Å². The van der Waals surface area contributed by atoms with E-state index in [9.17, 15) is 22.8 Å². The maximum Gasteiger partial charge on any atom is 0.418 e. The zero-order chi connectivity index (χ0) is 18.0. The first-order valence-corrected chi connectivity index (χ1v) is 7.44. The molecule has 9 heteroatoms. The second-order valence-corrected chi connectivity index (χ2v) is 5.55. The number of amides is 2. The normalized spacial score (nSPS) is 14.0. The molecule has 3 rings (SSSR count). The lowest BCUT2D eigenvalue weighted by Crippen LogP contribution is -2.26. The van der Waals surface area contributed by atoms with Crippen LogP contribution in [0.1, 0.15) is 39.3 Å². The number of anilines is 1. The lowest BCUT2D eigenvalue weighted by Gasteiger charge is -2.13. The van der Waals surface area contributed by atoms with Gasteiger partial charge < -0.3 is 10.6 Å². The molecule has 0 spiro atoms. The Hall–Kier alpha value is -2.97. The number of nitrogens with one attached hydrogen (secondary N) is 2. The van der Waals surface area contributed by atoms with E-state index >= 15 is 0 Å². The molecule has 0 atom stereocenters. The van der Waals surface area contributed by atoms with Gasteiger partial charge in [-0.25, -0.2) is 0 Å². The summed E-state index contributed by atoms with van der Waals surface area (Å²) in [4.78, 5) is 31.7. The topological polar surface area (TPSA) is 84.0 Å². The minimum atomic E-state index is -4.63. The number of alkyl halides is 3. The minimum absolute atomic E-state index is 0.0212. The summed E-state index contributed by atoms with van der Waals surface area (Å²) in [6.07, 6.45) is 0.331. The van der Waals surface area contributed by atoms with E-state index in [4.69, 9.17) is 0 Å². The van der Waals surface area contributed by atoms with Crippen LogP contribution in [0.3, 0.4) is 0 Å². The molecule has 1 aliphatic rings. The van der Waals surface area contributed by atoms with E-state index in [1.807, 2.05) is 0 Å². The highest BCUT2D eigenvalue weighted by molar-refractivity contribution is 6.06. The number of rotatable bonds is 4. The second-order valence-electron chi connectivity index (χ2n) is 5.55. The highest BCUT2D eigenvalue weighted by Crippen LogP contribution is 2.34. The monoisotopic (exact) mass is 350 g/mol. The van der Waals surface area contributed by atoms with Crippen LogP contribution in [0.15, 0.2) is 36.8 Å². The third-order valence-corrected chi connectivity index (χ3v) is 3.54. The molecule has 2 aromatic heterocycles. The van der Waals surface area contributed by atoms with Crippen molar-refractivity contribution in [2.75, 3.05) is 5.32 Å². The summed E-state index contributed by atoms with van der Waals surface area (Å²) in [6, 6.07) is 3.44. The number of pyridine rings is 2. The molecule has 2 amide bonds. The average molecular weight is 350 g/mol. The van der Waals surface area contributed by atoms with E-state index in [-0.39, 0.29) is 17.3 Å². The van der Waals surface area contributed by atoms with Gasteiger partial charge in [0.1, 0.15) is 5.69 Å². The van der Waals surface area contributed by atoms with Gasteiger partial charge in [-0.3, -0.25) is 19.6 Å². The summed E-state index contributed by atoms with van der Waals surface area (Å²) in [6.45, 7) is 0. The largest absolute Gasteiger partial charge is 0.418 e. The predicted octanol–water partition coefficient (Wildman–Crippen LogP) is 2.64. The first kappa shape index (κ1) is 16.9. The van der Waals surface area contributed by atoms with Crippen molar-refractivity contribution in [2.45, 2.75) is 25.1 Å². The van der Waals surface area contributed by atoms with E-state index in [0.717, 1.165) is 31.3 Å². The number of carbonyl (C=O) groups is 2. The van der Waals surface area contributed by atoms with Gasteiger partial charge in [-0.1, -0.05) is 0 Å². The van der Waals surface area contributed by atoms with Crippen molar-refractivity contribution in [3.63, 3.8) is 0 Å². The van der Waals surface area contributed by atoms with Crippen LogP contribution >= 0.6 is 0 Å². The molecule has 1 aliphatic carbocycles. The number of halogens is 3. The maximum absolute atomic E-state index is 13.0. The summed E-state index contributed by atoms with van der Waals surface area (Å²) in [7, 11) is 0. The Balaban J connectivity index is 1.79. The first-order valence-electron chi connectivity index (χ1n) is 7.44.